The van der Waals surface area contributed by atoms with Crippen molar-refractivity contribution in [3.05, 3.63) is 65.6 Å². The minimum absolute atomic E-state index is 0.518. The molecule has 0 atom stereocenters. The van der Waals surface area contributed by atoms with Crippen molar-refractivity contribution in [1.29, 1.82) is 0 Å². The second-order valence-corrected chi connectivity index (χ2v) is 4.65. The number of hydrogen-bond acceptors (Lipinski definition) is 3. The molecule has 2 aromatic heterocycles. The number of hydrogen-bond donors (Lipinski definition) is 0. The Morgan fingerprint density at radius 1 is 1.15 bits per heavy atom. The fourth-order valence-corrected chi connectivity index (χ4v) is 2.15. The van der Waals surface area contributed by atoms with E-state index in [2.05, 4.69) is 10.1 Å². The number of aldehydes is 1. The summed E-state index contributed by atoms with van der Waals surface area (Å²) in [5.41, 5.74) is 2.78. The number of aromatic nitrogens is 3. The predicted octanol–water partition coefficient (Wildman–Crippen LogP) is 3.40. The molecule has 1 aromatic carbocycles. The lowest BCUT2D eigenvalue weighted by molar-refractivity contribution is 0.112. The van der Waals surface area contributed by atoms with Gasteiger partial charge in [-0.25, -0.2) is 4.68 Å². The van der Waals surface area contributed by atoms with Crippen LogP contribution in [0.25, 0.3) is 16.9 Å². The highest BCUT2D eigenvalue weighted by molar-refractivity contribution is 6.30. The predicted molar refractivity (Wildman–Crippen MR) is 77.2 cm³/mol. The van der Waals surface area contributed by atoms with Gasteiger partial charge in [-0.2, -0.15) is 5.10 Å². The second-order valence-electron chi connectivity index (χ2n) is 4.21. The average molecular weight is 284 g/mol. The van der Waals surface area contributed by atoms with Gasteiger partial charge in [0, 0.05) is 29.2 Å². The zero-order chi connectivity index (χ0) is 13.9. The van der Waals surface area contributed by atoms with Crippen LogP contribution in [0.15, 0.2) is 55.0 Å². The van der Waals surface area contributed by atoms with Gasteiger partial charge >= 0.3 is 0 Å². The van der Waals surface area contributed by atoms with Gasteiger partial charge in [0.15, 0.2) is 6.29 Å². The molecule has 0 unspecified atom stereocenters. The van der Waals surface area contributed by atoms with E-state index in [1.165, 1.54) is 0 Å². The monoisotopic (exact) mass is 283 g/mol. The lowest BCUT2D eigenvalue weighted by atomic mass is 10.1. The maximum atomic E-state index is 11.2. The third-order valence-electron chi connectivity index (χ3n) is 2.89. The molecule has 5 heteroatoms. The van der Waals surface area contributed by atoms with Gasteiger partial charge in [0.2, 0.25) is 0 Å². The van der Waals surface area contributed by atoms with Gasteiger partial charge in [0.1, 0.15) is 5.69 Å². The van der Waals surface area contributed by atoms with Crippen LogP contribution in [-0.2, 0) is 0 Å². The van der Waals surface area contributed by atoms with E-state index < -0.39 is 0 Å². The first-order valence-corrected chi connectivity index (χ1v) is 6.37. The summed E-state index contributed by atoms with van der Waals surface area (Å²) in [7, 11) is 0. The summed E-state index contributed by atoms with van der Waals surface area (Å²) in [5.74, 6) is 0. The molecule has 3 aromatic rings. The number of halogens is 1. The Balaban J connectivity index is 2.13. The quantitative estimate of drug-likeness (QED) is 0.692. The highest BCUT2D eigenvalue weighted by Gasteiger charge is 2.11. The average Bonchev–Trinajstić information content (AvgIpc) is 2.92. The summed E-state index contributed by atoms with van der Waals surface area (Å²) >= 11 is 5.98. The summed E-state index contributed by atoms with van der Waals surface area (Å²) in [6.07, 6.45) is 5.84. The molecule has 2 heterocycles. The normalized spacial score (nSPS) is 10.4. The first-order chi connectivity index (χ1) is 9.78. The molecule has 4 nitrogen and oxygen atoms in total. The van der Waals surface area contributed by atoms with Gasteiger partial charge in [-0.1, -0.05) is 23.7 Å². The van der Waals surface area contributed by atoms with E-state index >= 15 is 0 Å². The standard InChI is InChI=1S/C15H10ClN3O/c16-13-3-1-2-11(8-13)15-12(10-20)9-19(18-15)14-4-6-17-7-5-14/h1-10H. The summed E-state index contributed by atoms with van der Waals surface area (Å²) < 4.78 is 1.65. The molecule has 98 valence electrons. The minimum atomic E-state index is 0.518. The number of carbonyl (C=O) groups is 1. The van der Waals surface area contributed by atoms with E-state index in [-0.39, 0.29) is 0 Å². The minimum Gasteiger partial charge on any atom is -0.298 e. The van der Waals surface area contributed by atoms with Crippen molar-refractivity contribution in [3.8, 4) is 16.9 Å². The van der Waals surface area contributed by atoms with Crippen molar-refractivity contribution >= 4 is 17.9 Å². The maximum absolute atomic E-state index is 11.2. The van der Waals surface area contributed by atoms with Crippen LogP contribution in [0.5, 0.6) is 0 Å². The smallest absolute Gasteiger partial charge is 0.153 e. The summed E-state index contributed by atoms with van der Waals surface area (Å²) in [4.78, 5) is 15.2. The molecule has 20 heavy (non-hydrogen) atoms. The van der Waals surface area contributed by atoms with Gasteiger partial charge in [0.05, 0.1) is 11.3 Å². The molecule has 0 amide bonds. The van der Waals surface area contributed by atoms with Crippen LogP contribution in [0.2, 0.25) is 5.02 Å². The largest absolute Gasteiger partial charge is 0.298 e. The molecule has 0 saturated heterocycles. The Morgan fingerprint density at radius 2 is 1.95 bits per heavy atom. The lowest BCUT2D eigenvalue weighted by Crippen LogP contribution is -1.94. The molecule has 0 spiro atoms. The number of rotatable bonds is 3. The fraction of sp³-hybridized carbons (Fsp3) is 0. The number of benzene rings is 1. The zero-order valence-corrected chi connectivity index (χ0v) is 11.2. The van der Waals surface area contributed by atoms with Crippen molar-refractivity contribution in [2.24, 2.45) is 0 Å². The molecule has 0 N–H and O–H groups in total. The third-order valence-corrected chi connectivity index (χ3v) is 3.13. The van der Waals surface area contributed by atoms with Crippen molar-refractivity contribution in [2.75, 3.05) is 0 Å². The summed E-state index contributed by atoms with van der Waals surface area (Å²) in [5, 5.41) is 5.07. The van der Waals surface area contributed by atoms with Gasteiger partial charge in [-0.05, 0) is 24.3 Å². The Kier molecular flexibility index (Phi) is 3.31. The van der Waals surface area contributed by atoms with Crippen LogP contribution in [0.4, 0.5) is 0 Å². The van der Waals surface area contributed by atoms with E-state index in [1.807, 2.05) is 24.3 Å². The number of carbonyl (C=O) groups excluding carboxylic acids is 1. The molecular weight excluding hydrogens is 274 g/mol. The van der Waals surface area contributed by atoms with Crippen molar-refractivity contribution in [1.82, 2.24) is 14.8 Å². The first-order valence-electron chi connectivity index (χ1n) is 5.99. The Labute approximate surface area is 120 Å². The topological polar surface area (TPSA) is 47.8 Å². The van der Waals surface area contributed by atoms with Crippen LogP contribution in [0, 0.1) is 0 Å². The molecule has 0 aliphatic heterocycles. The SMILES string of the molecule is O=Cc1cn(-c2ccncc2)nc1-c1cccc(Cl)c1. The van der Waals surface area contributed by atoms with E-state index in [0.29, 0.717) is 16.3 Å². The number of nitrogens with zero attached hydrogens (tertiary/aromatic N) is 3. The lowest BCUT2D eigenvalue weighted by Gasteiger charge is -2.00. The van der Waals surface area contributed by atoms with Gasteiger partial charge in [-0.3, -0.25) is 9.78 Å². The highest BCUT2D eigenvalue weighted by atomic mass is 35.5. The van der Waals surface area contributed by atoms with Crippen LogP contribution in [-0.4, -0.2) is 21.1 Å². The molecule has 0 aliphatic carbocycles. The van der Waals surface area contributed by atoms with Crippen molar-refractivity contribution < 1.29 is 4.79 Å². The molecule has 0 fully saturated rings. The van der Waals surface area contributed by atoms with Crippen molar-refractivity contribution in [3.63, 3.8) is 0 Å². The third kappa shape index (κ3) is 2.33. The van der Waals surface area contributed by atoms with Crippen LogP contribution < -0.4 is 0 Å². The summed E-state index contributed by atoms with van der Waals surface area (Å²) in [6, 6.07) is 10.9. The molecule has 3 rings (SSSR count). The van der Waals surface area contributed by atoms with Crippen LogP contribution in [0.1, 0.15) is 10.4 Å². The van der Waals surface area contributed by atoms with Crippen LogP contribution >= 0.6 is 11.6 Å². The second kappa shape index (κ2) is 5.27. The van der Waals surface area contributed by atoms with E-state index in [9.17, 15) is 4.79 Å². The van der Waals surface area contributed by atoms with Crippen LogP contribution in [0.3, 0.4) is 0 Å². The molecule has 0 saturated carbocycles. The zero-order valence-electron chi connectivity index (χ0n) is 10.4. The Hall–Kier alpha value is -2.46. The van der Waals surface area contributed by atoms with E-state index in [4.69, 9.17) is 11.6 Å². The molecule has 0 aliphatic rings. The fourth-order valence-electron chi connectivity index (χ4n) is 1.96. The van der Waals surface area contributed by atoms with Gasteiger partial charge in [-0.15, -0.1) is 0 Å². The van der Waals surface area contributed by atoms with Gasteiger partial charge in [0.25, 0.3) is 0 Å². The highest BCUT2D eigenvalue weighted by Crippen LogP contribution is 2.24. The number of pyridine rings is 1. The molecule has 0 bridgehead atoms. The van der Waals surface area contributed by atoms with Gasteiger partial charge < -0.3 is 0 Å². The maximum Gasteiger partial charge on any atom is 0.153 e. The Bertz CT molecular complexity index is 753. The Morgan fingerprint density at radius 3 is 2.65 bits per heavy atom. The summed E-state index contributed by atoms with van der Waals surface area (Å²) in [6.45, 7) is 0. The van der Waals surface area contributed by atoms with Crippen molar-refractivity contribution in [2.45, 2.75) is 0 Å². The first kappa shape index (κ1) is 12.6. The molecular formula is C15H10ClN3O. The van der Waals surface area contributed by atoms with E-state index in [1.54, 1.807) is 35.4 Å². The molecule has 0 radical (unpaired) electrons. The van der Waals surface area contributed by atoms with E-state index in [0.717, 1.165) is 17.5 Å².